The molecule has 2 aromatic carbocycles. The first-order chi connectivity index (χ1) is 8.61. The topological polar surface area (TPSA) is 59.0 Å². The Morgan fingerprint density at radius 2 is 1.94 bits per heavy atom. The van der Waals surface area contributed by atoms with E-state index in [-0.39, 0.29) is 0 Å². The summed E-state index contributed by atoms with van der Waals surface area (Å²) in [6, 6.07) is 11.9. The van der Waals surface area contributed by atoms with Crippen LogP contribution in [0.25, 0.3) is 0 Å². The number of halogens is 2. The highest BCUT2D eigenvalue weighted by Crippen LogP contribution is 2.35. The molecule has 2 N–H and O–H groups in total. The number of ether oxygens (including phenoxy) is 1. The quantitative estimate of drug-likeness (QED) is 0.836. The molecule has 0 aliphatic carbocycles. The predicted octanol–water partition coefficient (Wildman–Crippen LogP) is 4.24. The molecular formula is C13H8Cl2N2O. The van der Waals surface area contributed by atoms with E-state index in [1.807, 2.05) is 6.07 Å². The van der Waals surface area contributed by atoms with Crippen molar-refractivity contribution in [2.45, 2.75) is 0 Å². The van der Waals surface area contributed by atoms with Gasteiger partial charge in [-0.05, 0) is 24.3 Å². The average molecular weight is 279 g/mol. The van der Waals surface area contributed by atoms with Crippen molar-refractivity contribution in [1.82, 2.24) is 0 Å². The van der Waals surface area contributed by atoms with Crippen LogP contribution in [-0.4, -0.2) is 0 Å². The highest BCUT2D eigenvalue weighted by Gasteiger charge is 2.07. The van der Waals surface area contributed by atoms with Crippen molar-refractivity contribution < 1.29 is 4.74 Å². The normalized spacial score (nSPS) is 9.83. The lowest BCUT2D eigenvalue weighted by Crippen LogP contribution is -1.92. The molecule has 0 spiro atoms. The number of rotatable bonds is 2. The Labute approximate surface area is 114 Å². The van der Waals surface area contributed by atoms with Gasteiger partial charge >= 0.3 is 0 Å². The molecule has 0 aliphatic heterocycles. The summed E-state index contributed by atoms with van der Waals surface area (Å²) in [7, 11) is 0. The SMILES string of the molecule is N#Cc1ccc(Oc2cccc(Cl)c2Cl)cc1N. The van der Waals surface area contributed by atoms with Gasteiger partial charge in [0.05, 0.1) is 16.3 Å². The fourth-order valence-electron chi connectivity index (χ4n) is 1.40. The van der Waals surface area contributed by atoms with Gasteiger partial charge in [-0.2, -0.15) is 5.26 Å². The number of anilines is 1. The fraction of sp³-hybridized carbons (Fsp3) is 0. The number of nitrogens with zero attached hydrogens (tertiary/aromatic N) is 1. The first-order valence-corrected chi connectivity index (χ1v) is 5.79. The molecule has 90 valence electrons. The molecule has 0 fully saturated rings. The number of benzene rings is 2. The average Bonchev–Trinajstić information content (AvgIpc) is 2.35. The summed E-state index contributed by atoms with van der Waals surface area (Å²) < 4.78 is 5.56. The molecule has 0 aliphatic rings. The Morgan fingerprint density at radius 3 is 2.61 bits per heavy atom. The molecule has 0 heterocycles. The van der Waals surface area contributed by atoms with Crippen LogP contribution < -0.4 is 10.5 Å². The number of nitriles is 1. The highest BCUT2D eigenvalue weighted by molar-refractivity contribution is 6.42. The minimum absolute atomic E-state index is 0.335. The smallest absolute Gasteiger partial charge is 0.147 e. The molecule has 0 saturated heterocycles. The molecule has 2 aromatic rings. The van der Waals surface area contributed by atoms with Crippen molar-refractivity contribution in [3.63, 3.8) is 0 Å². The second kappa shape index (κ2) is 5.18. The van der Waals surface area contributed by atoms with E-state index in [4.69, 9.17) is 38.9 Å². The van der Waals surface area contributed by atoms with Crippen molar-refractivity contribution in [1.29, 1.82) is 5.26 Å². The third-order valence-corrected chi connectivity index (χ3v) is 3.09. The van der Waals surface area contributed by atoms with Gasteiger partial charge in [-0.3, -0.25) is 0 Å². The Morgan fingerprint density at radius 1 is 1.17 bits per heavy atom. The summed E-state index contributed by atoms with van der Waals surface area (Å²) in [5.74, 6) is 0.934. The molecule has 0 saturated carbocycles. The van der Waals surface area contributed by atoms with E-state index in [1.165, 1.54) is 0 Å². The van der Waals surface area contributed by atoms with E-state index in [1.54, 1.807) is 36.4 Å². The van der Waals surface area contributed by atoms with Crippen molar-refractivity contribution in [3.8, 4) is 17.6 Å². The van der Waals surface area contributed by atoms with Crippen molar-refractivity contribution in [3.05, 3.63) is 52.0 Å². The van der Waals surface area contributed by atoms with Crippen LogP contribution in [0, 0.1) is 11.3 Å². The van der Waals surface area contributed by atoms with Gasteiger partial charge in [-0.25, -0.2) is 0 Å². The Bertz CT molecular complexity index is 635. The van der Waals surface area contributed by atoms with Crippen LogP contribution >= 0.6 is 23.2 Å². The standard InChI is InChI=1S/C13H8Cl2N2O/c14-10-2-1-3-12(13(10)15)18-9-5-4-8(7-16)11(17)6-9/h1-6H,17H2. The van der Waals surface area contributed by atoms with Gasteiger partial charge in [0, 0.05) is 6.07 Å². The van der Waals surface area contributed by atoms with E-state index in [2.05, 4.69) is 0 Å². The zero-order valence-corrected chi connectivity index (χ0v) is 10.7. The minimum Gasteiger partial charge on any atom is -0.456 e. The van der Waals surface area contributed by atoms with E-state index >= 15 is 0 Å². The maximum absolute atomic E-state index is 8.77. The van der Waals surface area contributed by atoms with E-state index in [0.29, 0.717) is 32.8 Å². The molecule has 3 nitrogen and oxygen atoms in total. The summed E-state index contributed by atoms with van der Waals surface area (Å²) >= 11 is 11.9. The molecule has 0 bridgehead atoms. The van der Waals surface area contributed by atoms with Crippen molar-refractivity contribution >= 4 is 28.9 Å². The van der Waals surface area contributed by atoms with Gasteiger partial charge in [0.15, 0.2) is 0 Å². The van der Waals surface area contributed by atoms with Gasteiger partial charge in [0.1, 0.15) is 22.6 Å². The van der Waals surface area contributed by atoms with Crippen LogP contribution in [0.1, 0.15) is 5.56 Å². The molecule has 0 aromatic heterocycles. The summed E-state index contributed by atoms with van der Waals surface area (Å²) in [5, 5.41) is 9.52. The van der Waals surface area contributed by atoms with E-state index in [9.17, 15) is 0 Å². The van der Waals surface area contributed by atoms with Crippen molar-refractivity contribution in [2.75, 3.05) is 5.73 Å². The number of nitrogens with two attached hydrogens (primary N) is 1. The third-order valence-electron chi connectivity index (χ3n) is 2.29. The molecule has 0 amide bonds. The first-order valence-electron chi connectivity index (χ1n) is 5.03. The number of hydrogen-bond donors (Lipinski definition) is 1. The maximum atomic E-state index is 8.77. The molecule has 0 radical (unpaired) electrons. The van der Waals surface area contributed by atoms with Crippen LogP contribution in [0.4, 0.5) is 5.69 Å². The summed E-state index contributed by atoms with van der Waals surface area (Å²) in [6.45, 7) is 0. The minimum atomic E-state index is 0.335. The second-order valence-corrected chi connectivity index (χ2v) is 4.30. The molecule has 5 heteroatoms. The molecule has 0 unspecified atom stereocenters. The van der Waals surface area contributed by atoms with E-state index < -0.39 is 0 Å². The first kappa shape index (κ1) is 12.6. The number of hydrogen-bond acceptors (Lipinski definition) is 3. The predicted molar refractivity (Wildman–Crippen MR) is 72.1 cm³/mol. The Balaban J connectivity index is 2.32. The second-order valence-electron chi connectivity index (χ2n) is 3.51. The largest absolute Gasteiger partial charge is 0.456 e. The van der Waals surface area contributed by atoms with Gasteiger partial charge in [-0.15, -0.1) is 0 Å². The van der Waals surface area contributed by atoms with Gasteiger partial charge < -0.3 is 10.5 Å². The Hall–Kier alpha value is -1.89. The lowest BCUT2D eigenvalue weighted by atomic mass is 10.2. The lowest BCUT2D eigenvalue weighted by Gasteiger charge is -2.09. The van der Waals surface area contributed by atoms with Crippen LogP contribution in [0.5, 0.6) is 11.5 Å². The molecule has 18 heavy (non-hydrogen) atoms. The van der Waals surface area contributed by atoms with Crippen LogP contribution in [0.3, 0.4) is 0 Å². The molecule has 2 rings (SSSR count). The van der Waals surface area contributed by atoms with Gasteiger partial charge in [0.2, 0.25) is 0 Å². The molecule has 0 atom stereocenters. The van der Waals surface area contributed by atoms with Crippen LogP contribution in [0.2, 0.25) is 10.0 Å². The Kier molecular flexibility index (Phi) is 3.61. The van der Waals surface area contributed by atoms with Gasteiger partial charge in [0.25, 0.3) is 0 Å². The highest BCUT2D eigenvalue weighted by atomic mass is 35.5. The zero-order chi connectivity index (χ0) is 13.1. The third kappa shape index (κ3) is 2.51. The lowest BCUT2D eigenvalue weighted by molar-refractivity contribution is 0.483. The van der Waals surface area contributed by atoms with E-state index in [0.717, 1.165) is 0 Å². The summed E-state index contributed by atoms with van der Waals surface area (Å²) in [5.41, 5.74) is 6.45. The zero-order valence-electron chi connectivity index (χ0n) is 9.15. The number of nitrogen functional groups attached to an aromatic ring is 1. The van der Waals surface area contributed by atoms with Crippen LogP contribution in [-0.2, 0) is 0 Å². The maximum Gasteiger partial charge on any atom is 0.147 e. The van der Waals surface area contributed by atoms with Crippen LogP contribution in [0.15, 0.2) is 36.4 Å². The summed E-state index contributed by atoms with van der Waals surface area (Å²) in [4.78, 5) is 0. The van der Waals surface area contributed by atoms with Crippen molar-refractivity contribution in [2.24, 2.45) is 0 Å². The van der Waals surface area contributed by atoms with Gasteiger partial charge in [-0.1, -0.05) is 29.3 Å². The summed E-state index contributed by atoms with van der Waals surface area (Å²) in [6.07, 6.45) is 0. The monoisotopic (exact) mass is 278 g/mol. The molecular weight excluding hydrogens is 271 g/mol. The fourth-order valence-corrected chi connectivity index (χ4v) is 1.73.